The van der Waals surface area contributed by atoms with Crippen LogP contribution in [0.1, 0.15) is 47.5 Å². The summed E-state index contributed by atoms with van der Waals surface area (Å²) in [5.74, 6) is -0.215. The molecule has 0 spiro atoms. The maximum absolute atomic E-state index is 12.1. The van der Waals surface area contributed by atoms with E-state index in [1.807, 2.05) is 40.7 Å². The molecule has 0 radical (unpaired) electrons. The Hall–Kier alpha value is -0.870. The third-order valence-electron chi connectivity index (χ3n) is 3.23. The van der Waals surface area contributed by atoms with E-state index in [1.165, 1.54) is 0 Å². The van der Waals surface area contributed by atoms with Crippen molar-refractivity contribution in [3.63, 3.8) is 0 Å². The quantitative estimate of drug-likeness (QED) is 0.674. The van der Waals surface area contributed by atoms with Crippen LogP contribution < -0.4 is 0 Å². The average Bonchev–Trinajstić information content (AvgIpc) is 2.77. The minimum Gasteiger partial charge on any atom is -0.457 e. The van der Waals surface area contributed by atoms with Gasteiger partial charge in [-0.3, -0.25) is 0 Å². The topological polar surface area (TPSA) is 44.8 Å². The molecule has 0 fully saturated rings. The third kappa shape index (κ3) is 5.25. The van der Waals surface area contributed by atoms with Gasteiger partial charge in [-0.25, -0.2) is 4.79 Å². The number of ether oxygens (including phenoxy) is 3. The van der Waals surface area contributed by atoms with Gasteiger partial charge >= 0.3 is 5.97 Å². The summed E-state index contributed by atoms with van der Waals surface area (Å²) in [5, 5.41) is 0. The summed E-state index contributed by atoms with van der Waals surface area (Å²) in [6.07, 6.45) is 3.45. The Kier molecular flexibility index (Phi) is 6.21. The molecular weight excluding hydrogens is 256 g/mol. The van der Waals surface area contributed by atoms with Gasteiger partial charge in [-0.2, -0.15) is 0 Å². The Morgan fingerprint density at radius 1 is 1.20 bits per heavy atom. The molecule has 4 heteroatoms. The van der Waals surface area contributed by atoms with Gasteiger partial charge in [0, 0.05) is 24.2 Å². The van der Waals surface area contributed by atoms with Crippen LogP contribution in [-0.2, 0) is 19.0 Å². The van der Waals surface area contributed by atoms with Crippen LogP contribution in [0.15, 0.2) is 11.6 Å². The van der Waals surface area contributed by atoms with Crippen LogP contribution in [-0.4, -0.2) is 38.0 Å². The minimum atomic E-state index is -0.455. The Morgan fingerprint density at radius 3 is 2.20 bits per heavy atom. The Bertz CT molecular complexity index is 344. The zero-order chi connectivity index (χ0) is 15.2. The molecule has 4 nitrogen and oxygen atoms in total. The molecule has 0 heterocycles. The van der Waals surface area contributed by atoms with E-state index in [1.54, 1.807) is 0 Å². The summed E-state index contributed by atoms with van der Waals surface area (Å²) in [7, 11) is 0. The normalized spacial score (nSPS) is 17.9. The first-order chi connectivity index (χ1) is 9.32. The van der Waals surface area contributed by atoms with E-state index in [4.69, 9.17) is 14.2 Å². The number of rotatable bonds is 7. The van der Waals surface area contributed by atoms with E-state index < -0.39 is 5.60 Å². The molecule has 1 aliphatic carbocycles. The highest BCUT2D eigenvalue weighted by Crippen LogP contribution is 2.39. The SMILES string of the molecule is CCOCC1(COCC)CC=C(C(=O)OC(C)(C)C)C1. The van der Waals surface area contributed by atoms with Crippen LogP contribution in [0.2, 0.25) is 0 Å². The maximum atomic E-state index is 12.1. The molecule has 0 atom stereocenters. The Morgan fingerprint density at radius 2 is 1.75 bits per heavy atom. The molecule has 0 aromatic heterocycles. The molecule has 20 heavy (non-hydrogen) atoms. The van der Waals surface area contributed by atoms with Gasteiger partial charge in [0.25, 0.3) is 0 Å². The highest BCUT2D eigenvalue weighted by Gasteiger charge is 2.38. The fourth-order valence-corrected chi connectivity index (χ4v) is 2.29. The van der Waals surface area contributed by atoms with Crippen molar-refractivity contribution in [2.24, 2.45) is 5.41 Å². The lowest BCUT2D eigenvalue weighted by molar-refractivity contribution is -0.150. The van der Waals surface area contributed by atoms with E-state index in [2.05, 4.69) is 0 Å². The van der Waals surface area contributed by atoms with Crippen molar-refractivity contribution in [1.29, 1.82) is 0 Å². The van der Waals surface area contributed by atoms with Crippen LogP contribution in [0.4, 0.5) is 0 Å². The first-order valence-electron chi connectivity index (χ1n) is 7.40. The standard InChI is InChI=1S/C16H28O4/c1-6-18-11-16(12-19-7-2)9-8-13(10-16)14(17)20-15(3,4)5/h8H,6-7,9-12H2,1-5H3. The lowest BCUT2D eigenvalue weighted by Gasteiger charge is -2.29. The van der Waals surface area contributed by atoms with Gasteiger partial charge in [0.15, 0.2) is 0 Å². The number of hydrogen-bond donors (Lipinski definition) is 0. The molecular formula is C16H28O4. The molecule has 0 bridgehead atoms. The first-order valence-corrected chi connectivity index (χ1v) is 7.40. The van der Waals surface area contributed by atoms with Crippen molar-refractivity contribution in [2.45, 2.75) is 53.1 Å². The summed E-state index contributed by atoms with van der Waals surface area (Å²) in [5.41, 5.74) is 0.181. The van der Waals surface area contributed by atoms with Crippen molar-refractivity contribution < 1.29 is 19.0 Å². The minimum absolute atomic E-state index is 0.113. The van der Waals surface area contributed by atoms with Crippen molar-refractivity contribution in [1.82, 2.24) is 0 Å². The van der Waals surface area contributed by atoms with E-state index in [-0.39, 0.29) is 11.4 Å². The summed E-state index contributed by atoms with van der Waals surface area (Å²) in [6.45, 7) is 12.2. The van der Waals surface area contributed by atoms with E-state index in [9.17, 15) is 4.79 Å². The summed E-state index contributed by atoms with van der Waals surface area (Å²) >= 11 is 0. The molecule has 116 valence electrons. The van der Waals surface area contributed by atoms with Crippen molar-refractivity contribution >= 4 is 5.97 Å². The van der Waals surface area contributed by atoms with Crippen LogP contribution in [0.5, 0.6) is 0 Å². The van der Waals surface area contributed by atoms with Crippen LogP contribution in [0, 0.1) is 5.41 Å². The fourth-order valence-electron chi connectivity index (χ4n) is 2.29. The van der Waals surface area contributed by atoms with Crippen molar-refractivity contribution in [3.05, 3.63) is 11.6 Å². The molecule has 0 N–H and O–H groups in total. The molecule has 0 amide bonds. The largest absolute Gasteiger partial charge is 0.457 e. The highest BCUT2D eigenvalue weighted by atomic mass is 16.6. The lowest BCUT2D eigenvalue weighted by Crippen LogP contribution is -2.31. The zero-order valence-electron chi connectivity index (χ0n) is 13.5. The fraction of sp³-hybridized carbons (Fsp3) is 0.812. The number of allylic oxidation sites excluding steroid dienone is 1. The van der Waals surface area contributed by atoms with Gasteiger partial charge in [0.1, 0.15) is 5.60 Å². The second-order valence-electron chi connectivity index (χ2n) is 6.39. The molecule has 0 saturated heterocycles. The van der Waals surface area contributed by atoms with Crippen LogP contribution >= 0.6 is 0 Å². The Labute approximate surface area is 122 Å². The molecule has 1 aliphatic rings. The van der Waals surface area contributed by atoms with Gasteiger partial charge in [-0.05, 0) is 47.5 Å². The first kappa shape index (κ1) is 17.2. The molecule has 0 aromatic rings. The number of hydrogen-bond acceptors (Lipinski definition) is 4. The smallest absolute Gasteiger partial charge is 0.334 e. The van der Waals surface area contributed by atoms with Gasteiger partial charge in [-0.15, -0.1) is 0 Å². The van der Waals surface area contributed by atoms with E-state index >= 15 is 0 Å². The third-order valence-corrected chi connectivity index (χ3v) is 3.23. The molecule has 0 unspecified atom stereocenters. The average molecular weight is 284 g/mol. The Balaban J connectivity index is 2.64. The highest BCUT2D eigenvalue weighted by molar-refractivity contribution is 5.89. The molecule has 1 rings (SSSR count). The van der Waals surface area contributed by atoms with Gasteiger partial charge in [-0.1, -0.05) is 6.08 Å². The molecule has 0 aliphatic heterocycles. The lowest BCUT2D eigenvalue weighted by atomic mass is 9.86. The molecule has 0 saturated carbocycles. The van der Waals surface area contributed by atoms with Crippen LogP contribution in [0.25, 0.3) is 0 Å². The number of carbonyl (C=O) groups excluding carboxylic acids is 1. The van der Waals surface area contributed by atoms with Crippen molar-refractivity contribution in [3.8, 4) is 0 Å². The van der Waals surface area contributed by atoms with Gasteiger partial charge < -0.3 is 14.2 Å². The summed E-state index contributed by atoms with van der Waals surface area (Å²) in [4.78, 5) is 12.1. The molecule has 0 aromatic carbocycles. The van der Waals surface area contributed by atoms with Crippen molar-refractivity contribution in [2.75, 3.05) is 26.4 Å². The summed E-state index contributed by atoms with van der Waals surface area (Å²) in [6, 6.07) is 0. The monoisotopic (exact) mass is 284 g/mol. The van der Waals surface area contributed by atoms with Gasteiger partial charge in [0.2, 0.25) is 0 Å². The van der Waals surface area contributed by atoms with E-state index in [0.717, 1.165) is 12.0 Å². The second-order valence-corrected chi connectivity index (χ2v) is 6.39. The predicted molar refractivity (Wildman–Crippen MR) is 78.6 cm³/mol. The maximum Gasteiger partial charge on any atom is 0.334 e. The summed E-state index contributed by atoms with van der Waals surface area (Å²) < 4.78 is 16.6. The predicted octanol–water partition coefficient (Wildman–Crippen LogP) is 3.11. The number of carbonyl (C=O) groups is 1. The number of esters is 1. The van der Waals surface area contributed by atoms with Crippen LogP contribution in [0.3, 0.4) is 0 Å². The van der Waals surface area contributed by atoms with E-state index in [0.29, 0.717) is 32.8 Å². The van der Waals surface area contributed by atoms with Gasteiger partial charge in [0.05, 0.1) is 13.2 Å². The zero-order valence-corrected chi connectivity index (χ0v) is 13.5. The second kappa shape index (κ2) is 7.23.